The summed E-state index contributed by atoms with van der Waals surface area (Å²) in [7, 11) is 0. The summed E-state index contributed by atoms with van der Waals surface area (Å²) >= 11 is 0. The second kappa shape index (κ2) is 7.52. The SMILES string of the molecule is Cl.Cl.NC(Cn1ccnc1)c1cccc(C(F)(F)F)c1. The minimum atomic E-state index is -4.34. The van der Waals surface area contributed by atoms with E-state index >= 15 is 0 Å². The highest BCUT2D eigenvalue weighted by atomic mass is 35.5. The lowest BCUT2D eigenvalue weighted by Crippen LogP contribution is -2.17. The van der Waals surface area contributed by atoms with Gasteiger partial charge in [-0.3, -0.25) is 0 Å². The number of benzene rings is 1. The first-order chi connectivity index (χ1) is 8.47. The number of alkyl halides is 3. The molecule has 0 saturated carbocycles. The molecule has 0 aliphatic heterocycles. The van der Waals surface area contributed by atoms with E-state index in [1.807, 2.05) is 0 Å². The molecule has 2 aromatic rings. The van der Waals surface area contributed by atoms with E-state index in [4.69, 9.17) is 5.73 Å². The molecule has 1 atom stereocenters. The second-order valence-corrected chi connectivity index (χ2v) is 3.99. The predicted molar refractivity (Wildman–Crippen MR) is 75.1 cm³/mol. The minimum absolute atomic E-state index is 0. The Bertz CT molecular complexity index is 515. The van der Waals surface area contributed by atoms with Gasteiger partial charge in [0, 0.05) is 25.0 Å². The normalized spacial score (nSPS) is 12.2. The van der Waals surface area contributed by atoms with Gasteiger partial charge in [-0.05, 0) is 17.7 Å². The van der Waals surface area contributed by atoms with E-state index in [0.717, 1.165) is 12.1 Å². The molecule has 1 heterocycles. The molecule has 1 aromatic heterocycles. The average Bonchev–Trinajstić information content (AvgIpc) is 2.81. The number of rotatable bonds is 3. The van der Waals surface area contributed by atoms with Crippen molar-refractivity contribution in [2.75, 3.05) is 0 Å². The van der Waals surface area contributed by atoms with Crippen LogP contribution in [0.5, 0.6) is 0 Å². The van der Waals surface area contributed by atoms with E-state index in [1.165, 1.54) is 6.07 Å². The molecule has 0 aliphatic carbocycles. The number of halogens is 5. The zero-order valence-corrected chi connectivity index (χ0v) is 11.9. The van der Waals surface area contributed by atoms with E-state index < -0.39 is 17.8 Å². The fourth-order valence-corrected chi connectivity index (χ4v) is 1.67. The van der Waals surface area contributed by atoms with Gasteiger partial charge < -0.3 is 10.3 Å². The van der Waals surface area contributed by atoms with Gasteiger partial charge in [0.25, 0.3) is 0 Å². The fraction of sp³-hybridized carbons (Fsp3) is 0.250. The Balaban J connectivity index is 0.00000180. The summed E-state index contributed by atoms with van der Waals surface area (Å²) in [6.07, 6.45) is 0.546. The largest absolute Gasteiger partial charge is 0.416 e. The molecule has 20 heavy (non-hydrogen) atoms. The molecule has 0 aliphatic rings. The maximum absolute atomic E-state index is 12.6. The molecule has 1 aromatic carbocycles. The Kier molecular flexibility index (Phi) is 7.05. The van der Waals surface area contributed by atoms with Crippen molar-refractivity contribution in [1.29, 1.82) is 0 Å². The van der Waals surface area contributed by atoms with Crippen LogP contribution in [0.3, 0.4) is 0 Å². The summed E-state index contributed by atoms with van der Waals surface area (Å²) in [6.45, 7) is 0.390. The monoisotopic (exact) mass is 327 g/mol. The number of imidazole rings is 1. The highest BCUT2D eigenvalue weighted by Crippen LogP contribution is 2.30. The van der Waals surface area contributed by atoms with Crippen LogP contribution in [0.1, 0.15) is 17.2 Å². The van der Waals surface area contributed by atoms with Gasteiger partial charge in [0.1, 0.15) is 0 Å². The Morgan fingerprint density at radius 2 is 1.95 bits per heavy atom. The zero-order valence-electron chi connectivity index (χ0n) is 10.2. The van der Waals surface area contributed by atoms with Crippen LogP contribution in [0, 0.1) is 0 Å². The minimum Gasteiger partial charge on any atom is -0.336 e. The topological polar surface area (TPSA) is 43.8 Å². The van der Waals surface area contributed by atoms with E-state index in [9.17, 15) is 13.2 Å². The van der Waals surface area contributed by atoms with Crippen LogP contribution < -0.4 is 5.73 Å². The van der Waals surface area contributed by atoms with E-state index in [0.29, 0.717) is 12.1 Å². The van der Waals surface area contributed by atoms with Crippen molar-refractivity contribution >= 4 is 24.8 Å². The van der Waals surface area contributed by atoms with E-state index in [-0.39, 0.29) is 24.8 Å². The molecule has 2 rings (SSSR count). The van der Waals surface area contributed by atoms with Crippen LogP contribution in [0.4, 0.5) is 13.2 Å². The third kappa shape index (κ3) is 4.70. The molecule has 0 bridgehead atoms. The number of aromatic nitrogens is 2. The fourth-order valence-electron chi connectivity index (χ4n) is 1.67. The maximum Gasteiger partial charge on any atom is 0.416 e. The van der Waals surface area contributed by atoms with Crippen molar-refractivity contribution in [2.45, 2.75) is 18.8 Å². The van der Waals surface area contributed by atoms with Crippen LogP contribution in [-0.2, 0) is 12.7 Å². The van der Waals surface area contributed by atoms with E-state index in [2.05, 4.69) is 4.98 Å². The Labute approximate surface area is 126 Å². The third-order valence-corrected chi connectivity index (χ3v) is 2.61. The Morgan fingerprint density at radius 3 is 2.50 bits per heavy atom. The molecule has 0 radical (unpaired) electrons. The standard InChI is InChI=1S/C12H12F3N3.2ClH/c13-12(14,15)10-3-1-2-9(6-10)11(16)7-18-5-4-17-8-18;;/h1-6,8,11H,7,16H2;2*1H. The highest BCUT2D eigenvalue weighted by molar-refractivity contribution is 5.85. The van der Waals surface area contributed by atoms with Crippen molar-refractivity contribution in [3.05, 3.63) is 54.1 Å². The first-order valence-electron chi connectivity index (χ1n) is 5.35. The molecular formula is C12H14Cl2F3N3. The molecule has 0 spiro atoms. The Morgan fingerprint density at radius 1 is 1.25 bits per heavy atom. The smallest absolute Gasteiger partial charge is 0.336 e. The summed E-state index contributed by atoms with van der Waals surface area (Å²) < 4.78 is 39.4. The lowest BCUT2D eigenvalue weighted by atomic mass is 10.0. The summed E-state index contributed by atoms with van der Waals surface area (Å²) in [6, 6.07) is 4.58. The molecule has 1 unspecified atom stereocenters. The average molecular weight is 328 g/mol. The van der Waals surface area contributed by atoms with Crippen LogP contribution in [0.25, 0.3) is 0 Å². The molecule has 0 fully saturated rings. The summed E-state index contributed by atoms with van der Waals surface area (Å²) in [5.41, 5.74) is 5.66. The lowest BCUT2D eigenvalue weighted by Gasteiger charge is -2.15. The molecule has 0 saturated heterocycles. The van der Waals surface area contributed by atoms with Crippen molar-refractivity contribution in [3.8, 4) is 0 Å². The van der Waals surface area contributed by atoms with Gasteiger partial charge in [0.2, 0.25) is 0 Å². The summed E-state index contributed by atoms with van der Waals surface area (Å²) in [5.74, 6) is 0. The molecule has 112 valence electrons. The summed E-state index contributed by atoms with van der Waals surface area (Å²) in [4.78, 5) is 3.85. The van der Waals surface area contributed by atoms with Crippen LogP contribution in [0.15, 0.2) is 43.0 Å². The number of hydrogen-bond acceptors (Lipinski definition) is 2. The third-order valence-electron chi connectivity index (χ3n) is 2.61. The zero-order chi connectivity index (χ0) is 13.2. The number of nitrogens with two attached hydrogens (primary N) is 1. The van der Waals surface area contributed by atoms with Gasteiger partial charge in [0.15, 0.2) is 0 Å². The predicted octanol–water partition coefficient (Wildman–Crippen LogP) is 3.45. The van der Waals surface area contributed by atoms with Crippen LogP contribution >= 0.6 is 24.8 Å². The lowest BCUT2D eigenvalue weighted by molar-refractivity contribution is -0.137. The van der Waals surface area contributed by atoms with Crippen molar-refractivity contribution in [3.63, 3.8) is 0 Å². The number of nitrogens with zero attached hydrogens (tertiary/aromatic N) is 2. The van der Waals surface area contributed by atoms with Crippen molar-refractivity contribution in [2.24, 2.45) is 5.73 Å². The Hall–Kier alpha value is -1.24. The molecule has 8 heteroatoms. The van der Waals surface area contributed by atoms with Crippen molar-refractivity contribution < 1.29 is 13.2 Å². The van der Waals surface area contributed by atoms with E-state index in [1.54, 1.807) is 29.4 Å². The first kappa shape index (κ1) is 18.8. The molecule has 2 N–H and O–H groups in total. The highest BCUT2D eigenvalue weighted by Gasteiger charge is 2.30. The maximum atomic E-state index is 12.6. The van der Waals surface area contributed by atoms with Crippen LogP contribution in [0.2, 0.25) is 0 Å². The van der Waals surface area contributed by atoms with Gasteiger partial charge in [-0.25, -0.2) is 4.98 Å². The quantitative estimate of drug-likeness (QED) is 0.938. The number of hydrogen-bond donors (Lipinski definition) is 1. The summed E-state index contributed by atoms with van der Waals surface area (Å²) in [5, 5.41) is 0. The first-order valence-corrected chi connectivity index (χ1v) is 5.35. The van der Waals surface area contributed by atoms with Gasteiger partial charge in [-0.2, -0.15) is 13.2 Å². The molecular weight excluding hydrogens is 314 g/mol. The molecule has 0 amide bonds. The van der Waals surface area contributed by atoms with Gasteiger partial charge in [-0.1, -0.05) is 12.1 Å². The molecule has 3 nitrogen and oxygen atoms in total. The van der Waals surface area contributed by atoms with Gasteiger partial charge >= 0.3 is 6.18 Å². The van der Waals surface area contributed by atoms with Gasteiger partial charge in [-0.15, -0.1) is 24.8 Å². The van der Waals surface area contributed by atoms with Crippen molar-refractivity contribution in [1.82, 2.24) is 9.55 Å². The second-order valence-electron chi connectivity index (χ2n) is 3.99. The van der Waals surface area contributed by atoms with Crippen LogP contribution in [-0.4, -0.2) is 9.55 Å². The van der Waals surface area contributed by atoms with Gasteiger partial charge in [0.05, 0.1) is 11.9 Å².